The molecule has 1 aromatic rings. The highest BCUT2D eigenvalue weighted by Crippen LogP contribution is 2.37. The van der Waals surface area contributed by atoms with Crippen molar-refractivity contribution < 1.29 is 14.7 Å². The summed E-state index contributed by atoms with van der Waals surface area (Å²) in [7, 11) is 0. The van der Waals surface area contributed by atoms with Crippen LogP contribution >= 0.6 is 0 Å². The monoisotopic (exact) mass is 250 g/mol. The Morgan fingerprint density at radius 2 is 2.11 bits per heavy atom. The third-order valence-electron chi connectivity index (χ3n) is 3.37. The Balaban J connectivity index is 1.56. The van der Waals surface area contributed by atoms with Crippen molar-refractivity contribution in [1.29, 1.82) is 0 Å². The van der Waals surface area contributed by atoms with Crippen molar-refractivity contribution in [3.05, 3.63) is 11.6 Å². The SMILES string of the molecule is O=C(O)CC1CN(C(=O)c2n[nH]c(C3CC3)n2)C1. The van der Waals surface area contributed by atoms with Crippen LogP contribution in [0.5, 0.6) is 0 Å². The van der Waals surface area contributed by atoms with E-state index in [1.165, 1.54) is 0 Å². The maximum atomic E-state index is 11.9. The Morgan fingerprint density at radius 3 is 2.72 bits per heavy atom. The molecule has 3 rings (SSSR count). The summed E-state index contributed by atoms with van der Waals surface area (Å²) < 4.78 is 0. The first-order valence-corrected chi connectivity index (χ1v) is 6.07. The van der Waals surface area contributed by atoms with Gasteiger partial charge in [-0.1, -0.05) is 0 Å². The number of aliphatic carboxylic acids is 1. The van der Waals surface area contributed by atoms with Crippen molar-refractivity contribution in [1.82, 2.24) is 20.1 Å². The van der Waals surface area contributed by atoms with Gasteiger partial charge in [0.2, 0.25) is 5.82 Å². The minimum atomic E-state index is -0.819. The molecule has 0 unspecified atom stereocenters. The number of amides is 1. The maximum absolute atomic E-state index is 11.9. The van der Waals surface area contributed by atoms with Crippen LogP contribution in [-0.2, 0) is 4.79 Å². The predicted octanol–water partition coefficient (Wildman–Crippen LogP) is 0.229. The van der Waals surface area contributed by atoms with Crippen LogP contribution in [0, 0.1) is 5.92 Å². The third-order valence-corrected chi connectivity index (χ3v) is 3.37. The van der Waals surface area contributed by atoms with Gasteiger partial charge in [-0.05, 0) is 12.8 Å². The quantitative estimate of drug-likeness (QED) is 0.796. The molecule has 2 N–H and O–H groups in total. The van der Waals surface area contributed by atoms with E-state index in [9.17, 15) is 9.59 Å². The van der Waals surface area contributed by atoms with Crippen LogP contribution in [0.15, 0.2) is 0 Å². The molecule has 7 nitrogen and oxygen atoms in total. The van der Waals surface area contributed by atoms with E-state index in [1.54, 1.807) is 4.90 Å². The van der Waals surface area contributed by atoms with Crippen molar-refractivity contribution in [2.75, 3.05) is 13.1 Å². The average molecular weight is 250 g/mol. The van der Waals surface area contributed by atoms with Crippen LogP contribution in [-0.4, -0.2) is 50.2 Å². The molecule has 1 saturated carbocycles. The zero-order valence-electron chi connectivity index (χ0n) is 9.80. The molecular weight excluding hydrogens is 236 g/mol. The Labute approximate surface area is 103 Å². The average Bonchev–Trinajstić information content (AvgIpc) is 3.00. The lowest BCUT2D eigenvalue weighted by molar-refractivity contribution is -0.139. The molecule has 1 amide bonds. The standard InChI is InChI=1S/C11H14N4O3/c16-8(17)3-6-4-15(5-6)11(18)10-12-9(13-14-10)7-1-2-7/h6-7H,1-5H2,(H,16,17)(H,12,13,14). The summed E-state index contributed by atoms with van der Waals surface area (Å²) >= 11 is 0. The van der Waals surface area contributed by atoms with E-state index in [1.807, 2.05) is 0 Å². The number of H-pyrrole nitrogens is 1. The van der Waals surface area contributed by atoms with E-state index >= 15 is 0 Å². The van der Waals surface area contributed by atoms with Crippen LogP contribution in [0.25, 0.3) is 0 Å². The molecule has 0 bridgehead atoms. The molecule has 1 aliphatic carbocycles. The molecule has 1 aromatic heterocycles. The number of hydrogen-bond acceptors (Lipinski definition) is 4. The molecule has 18 heavy (non-hydrogen) atoms. The van der Waals surface area contributed by atoms with Crippen molar-refractivity contribution in [3.63, 3.8) is 0 Å². The predicted molar refractivity (Wildman–Crippen MR) is 60.0 cm³/mol. The second kappa shape index (κ2) is 4.08. The first-order chi connectivity index (χ1) is 8.63. The number of carbonyl (C=O) groups is 2. The van der Waals surface area contributed by atoms with Crippen LogP contribution in [0.1, 0.15) is 41.6 Å². The van der Waals surface area contributed by atoms with Gasteiger partial charge in [-0.25, -0.2) is 4.98 Å². The van der Waals surface area contributed by atoms with E-state index in [0.29, 0.717) is 19.0 Å². The number of aromatic nitrogens is 3. The van der Waals surface area contributed by atoms with E-state index in [-0.39, 0.29) is 24.1 Å². The van der Waals surface area contributed by atoms with Gasteiger partial charge in [-0.15, -0.1) is 5.10 Å². The number of carboxylic acids is 1. The number of nitrogens with one attached hydrogen (secondary N) is 1. The fourth-order valence-electron chi connectivity index (χ4n) is 2.16. The third kappa shape index (κ3) is 2.07. The van der Waals surface area contributed by atoms with Gasteiger partial charge >= 0.3 is 5.97 Å². The van der Waals surface area contributed by atoms with Gasteiger partial charge in [0.05, 0.1) is 6.42 Å². The van der Waals surface area contributed by atoms with E-state index in [2.05, 4.69) is 15.2 Å². The van der Waals surface area contributed by atoms with Gasteiger partial charge in [0.1, 0.15) is 5.82 Å². The van der Waals surface area contributed by atoms with Gasteiger partial charge in [-0.2, -0.15) is 0 Å². The molecular formula is C11H14N4O3. The number of rotatable bonds is 4. The van der Waals surface area contributed by atoms with Crippen molar-refractivity contribution in [2.24, 2.45) is 5.92 Å². The van der Waals surface area contributed by atoms with Crippen molar-refractivity contribution >= 4 is 11.9 Å². The van der Waals surface area contributed by atoms with E-state index < -0.39 is 5.97 Å². The molecule has 96 valence electrons. The van der Waals surface area contributed by atoms with Crippen molar-refractivity contribution in [2.45, 2.75) is 25.2 Å². The number of carbonyl (C=O) groups excluding carboxylic acids is 1. The largest absolute Gasteiger partial charge is 0.481 e. The lowest BCUT2D eigenvalue weighted by atomic mass is 9.96. The normalized spacial score (nSPS) is 19.7. The summed E-state index contributed by atoms with van der Waals surface area (Å²) in [5.41, 5.74) is 0. The topological polar surface area (TPSA) is 99.2 Å². The molecule has 0 atom stereocenters. The van der Waals surface area contributed by atoms with E-state index in [4.69, 9.17) is 5.11 Å². The number of carboxylic acid groups (broad SMARTS) is 1. The van der Waals surface area contributed by atoms with Gasteiger partial charge in [0.15, 0.2) is 0 Å². The highest BCUT2D eigenvalue weighted by Gasteiger charge is 2.35. The Morgan fingerprint density at radius 1 is 1.39 bits per heavy atom. The smallest absolute Gasteiger partial charge is 0.303 e. The van der Waals surface area contributed by atoms with E-state index in [0.717, 1.165) is 18.7 Å². The van der Waals surface area contributed by atoms with Crippen LogP contribution in [0.2, 0.25) is 0 Å². The second-order valence-corrected chi connectivity index (χ2v) is 4.99. The van der Waals surface area contributed by atoms with Crippen LogP contribution in [0.4, 0.5) is 0 Å². The summed E-state index contributed by atoms with van der Waals surface area (Å²) in [6.07, 6.45) is 2.32. The molecule has 0 aromatic carbocycles. The summed E-state index contributed by atoms with van der Waals surface area (Å²) in [6, 6.07) is 0. The molecule has 2 aliphatic rings. The van der Waals surface area contributed by atoms with Gasteiger partial charge < -0.3 is 10.0 Å². The second-order valence-electron chi connectivity index (χ2n) is 4.99. The molecule has 1 aliphatic heterocycles. The zero-order valence-corrected chi connectivity index (χ0v) is 9.80. The molecule has 2 fully saturated rings. The number of nitrogens with zero attached hydrogens (tertiary/aromatic N) is 3. The fourth-order valence-corrected chi connectivity index (χ4v) is 2.16. The molecule has 2 heterocycles. The summed E-state index contributed by atoms with van der Waals surface area (Å²) in [5, 5.41) is 15.3. The highest BCUT2D eigenvalue weighted by atomic mass is 16.4. The summed E-state index contributed by atoms with van der Waals surface area (Å²) in [5.74, 6) is 0.468. The van der Waals surface area contributed by atoms with Crippen LogP contribution in [0.3, 0.4) is 0 Å². The summed E-state index contributed by atoms with van der Waals surface area (Å²) in [6.45, 7) is 0.969. The van der Waals surface area contributed by atoms with Gasteiger partial charge in [-0.3, -0.25) is 14.7 Å². The Hall–Kier alpha value is -1.92. The molecule has 7 heteroatoms. The lowest BCUT2D eigenvalue weighted by Crippen LogP contribution is -2.50. The fraction of sp³-hybridized carbons (Fsp3) is 0.636. The number of hydrogen-bond donors (Lipinski definition) is 2. The maximum Gasteiger partial charge on any atom is 0.303 e. The van der Waals surface area contributed by atoms with Gasteiger partial charge in [0, 0.05) is 24.9 Å². The van der Waals surface area contributed by atoms with Crippen molar-refractivity contribution in [3.8, 4) is 0 Å². The highest BCUT2D eigenvalue weighted by molar-refractivity contribution is 5.91. The molecule has 1 saturated heterocycles. The first-order valence-electron chi connectivity index (χ1n) is 6.07. The van der Waals surface area contributed by atoms with Gasteiger partial charge in [0.25, 0.3) is 5.91 Å². The minimum absolute atomic E-state index is 0.0632. The lowest BCUT2D eigenvalue weighted by Gasteiger charge is -2.37. The number of likely N-dealkylation sites (tertiary alicyclic amines) is 1. The zero-order chi connectivity index (χ0) is 12.7. The molecule has 0 spiro atoms. The summed E-state index contributed by atoms with van der Waals surface area (Å²) in [4.78, 5) is 28.2. The first kappa shape index (κ1) is 11.2. The number of aromatic amines is 1. The van der Waals surface area contributed by atoms with Crippen LogP contribution < -0.4 is 0 Å². The minimum Gasteiger partial charge on any atom is -0.481 e. The Bertz CT molecular complexity index is 488. The molecule has 0 radical (unpaired) electrons. The Kier molecular flexibility index (Phi) is 2.53.